The maximum Gasteiger partial charge on any atom is 0.164 e. The van der Waals surface area contributed by atoms with Gasteiger partial charge in [-0.3, -0.25) is 0 Å². The number of rotatable bonds is 4. The number of hydrogen-bond acceptors (Lipinski definition) is 7. The van der Waals surface area contributed by atoms with Crippen molar-refractivity contribution in [2.45, 2.75) is 6.92 Å². The zero-order valence-electron chi connectivity index (χ0n) is 25.6. The number of hydrogen-bond donors (Lipinski definition) is 0. The lowest BCUT2D eigenvalue weighted by molar-refractivity contribution is 0.668. The molecule has 0 spiro atoms. The Bertz CT molecular complexity index is 2830. The molecule has 0 aliphatic carbocycles. The minimum absolute atomic E-state index is 0.619. The lowest BCUT2D eigenvalue weighted by Crippen LogP contribution is -2.00. The van der Waals surface area contributed by atoms with Gasteiger partial charge in [0.15, 0.2) is 17.5 Å². The van der Waals surface area contributed by atoms with E-state index in [1.807, 2.05) is 48.5 Å². The van der Waals surface area contributed by atoms with Crippen molar-refractivity contribution in [3.63, 3.8) is 0 Å². The second kappa shape index (κ2) is 10.6. The van der Waals surface area contributed by atoms with Crippen molar-refractivity contribution in [2.24, 2.45) is 0 Å². The number of thiophene rings is 1. The number of aromatic nitrogens is 4. The summed E-state index contributed by atoms with van der Waals surface area (Å²) in [6.45, 7) is 2.08. The standard InChI is InChI=1S/C41H24N4OS2/c1-23-17-19-26-30-22-25(18-20-32(30)46-33(26)21-23)39-43-38(24-9-3-2-4-10-24)44-40(45-39)28-12-8-16-35-36(28)27-11-7-13-29(37(27)47-35)41-42-31-14-5-6-15-34(31)48-41/h2-22H,1H3. The van der Waals surface area contributed by atoms with Gasteiger partial charge < -0.3 is 4.42 Å². The molecule has 4 aromatic heterocycles. The van der Waals surface area contributed by atoms with Gasteiger partial charge in [0.1, 0.15) is 16.2 Å². The first-order chi connectivity index (χ1) is 23.7. The predicted octanol–water partition coefficient (Wildman–Crippen LogP) is 11.7. The van der Waals surface area contributed by atoms with E-state index in [-0.39, 0.29) is 0 Å². The molecular weight excluding hydrogens is 629 g/mol. The summed E-state index contributed by atoms with van der Waals surface area (Å²) in [6, 6.07) is 43.9. The van der Waals surface area contributed by atoms with Crippen LogP contribution < -0.4 is 0 Å². The van der Waals surface area contributed by atoms with E-state index < -0.39 is 0 Å². The normalized spacial score (nSPS) is 11.9. The molecule has 0 N–H and O–H groups in total. The molecule has 10 aromatic rings. The highest BCUT2D eigenvalue weighted by molar-refractivity contribution is 7.27. The molecule has 7 heteroatoms. The molecule has 0 saturated heterocycles. The summed E-state index contributed by atoms with van der Waals surface area (Å²) in [5.74, 6) is 1.89. The van der Waals surface area contributed by atoms with Crippen molar-refractivity contribution in [1.29, 1.82) is 0 Å². The van der Waals surface area contributed by atoms with Gasteiger partial charge in [0.2, 0.25) is 0 Å². The fourth-order valence-electron chi connectivity index (χ4n) is 6.56. The van der Waals surface area contributed by atoms with Crippen LogP contribution in [-0.4, -0.2) is 19.9 Å². The third-order valence-corrected chi connectivity index (χ3v) is 11.1. The van der Waals surface area contributed by atoms with Gasteiger partial charge in [-0.2, -0.15) is 0 Å². The van der Waals surface area contributed by atoms with Crippen LogP contribution in [0.2, 0.25) is 0 Å². The van der Waals surface area contributed by atoms with Gasteiger partial charge in [0.05, 0.1) is 10.2 Å². The summed E-state index contributed by atoms with van der Waals surface area (Å²) in [5, 5.41) is 5.46. The number of para-hydroxylation sites is 1. The van der Waals surface area contributed by atoms with Gasteiger partial charge in [0.25, 0.3) is 0 Å². The van der Waals surface area contributed by atoms with E-state index in [2.05, 4.69) is 85.8 Å². The van der Waals surface area contributed by atoms with Crippen LogP contribution in [0.15, 0.2) is 132 Å². The van der Waals surface area contributed by atoms with E-state index in [1.54, 1.807) is 22.7 Å². The minimum Gasteiger partial charge on any atom is -0.456 e. The van der Waals surface area contributed by atoms with Crippen LogP contribution in [0.1, 0.15) is 5.56 Å². The molecule has 0 amide bonds. The molecule has 0 aliphatic heterocycles. The third kappa shape index (κ3) is 4.36. The molecule has 0 saturated carbocycles. The minimum atomic E-state index is 0.619. The van der Waals surface area contributed by atoms with Crippen LogP contribution >= 0.6 is 22.7 Å². The van der Waals surface area contributed by atoms with Crippen molar-refractivity contribution in [2.75, 3.05) is 0 Å². The van der Waals surface area contributed by atoms with E-state index >= 15 is 0 Å². The number of nitrogens with zero attached hydrogens (tertiary/aromatic N) is 4. The molecule has 0 bridgehead atoms. The van der Waals surface area contributed by atoms with Crippen LogP contribution in [0.5, 0.6) is 0 Å². The number of benzene rings is 6. The number of fused-ring (bicyclic) bond motifs is 7. The van der Waals surface area contributed by atoms with Gasteiger partial charge in [-0.25, -0.2) is 19.9 Å². The van der Waals surface area contributed by atoms with E-state index in [0.29, 0.717) is 17.5 Å². The van der Waals surface area contributed by atoms with Gasteiger partial charge in [0, 0.05) is 53.2 Å². The van der Waals surface area contributed by atoms with Crippen molar-refractivity contribution >= 4 is 75.0 Å². The Morgan fingerprint density at radius 2 is 1.27 bits per heavy atom. The molecule has 48 heavy (non-hydrogen) atoms. The maximum atomic E-state index is 6.19. The summed E-state index contributed by atoms with van der Waals surface area (Å²) < 4.78 is 9.78. The molecule has 0 fully saturated rings. The summed E-state index contributed by atoms with van der Waals surface area (Å²) >= 11 is 3.53. The Balaban J connectivity index is 1.19. The van der Waals surface area contributed by atoms with Crippen molar-refractivity contribution in [1.82, 2.24) is 19.9 Å². The number of aryl methyl sites for hydroxylation is 1. The summed E-state index contributed by atoms with van der Waals surface area (Å²) in [4.78, 5) is 20.3. The monoisotopic (exact) mass is 652 g/mol. The first-order valence-electron chi connectivity index (χ1n) is 15.7. The lowest BCUT2D eigenvalue weighted by Gasteiger charge is -2.10. The molecule has 226 valence electrons. The summed E-state index contributed by atoms with van der Waals surface area (Å²) in [7, 11) is 0. The SMILES string of the molecule is Cc1ccc2c(c1)oc1ccc(-c3nc(-c4ccccc4)nc(-c4cccc5sc6c(-c7nc8ccccc8s7)cccc6c45)n3)cc12. The topological polar surface area (TPSA) is 64.7 Å². The Labute approximate surface area is 282 Å². The van der Waals surface area contributed by atoms with Gasteiger partial charge in [-0.15, -0.1) is 22.7 Å². The summed E-state index contributed by atoms with van der Waals surface area (Å²) in [5.41, 5.74) is 7.89. The van der Waals surface area contributed by atoms with E-state index in [0.717, 1.165) is 60.1 Å². The van der Waals surface area contributed by atoms with Crippen LogP contribution in [0.3, 0.4) is 0 Å². The largest absolute Gasteiger partial charge is 0.456 e. The van der Waals surface area contributed by atoms with Crippen LogP contribution in [-0.2, 0) is 0 Å². The Morgan fingerprint density at radius 3 is 2.17 bits per heavy atom. The second-order valence-electron chi connectivity index (χ2n) is 11.9. The molecular formula is C41H24N4OS2. The average molecular weight is 653 g/mol. The van der Waals surface area contributed by atoms with Crippen molar-refractivity contribution in [3.05, 3.63) is 133 Å². The third-order valence-electron chi connectivity index (χ3n) is 8.84. The molecule has 4 heterocycles. The smallest absolute Gasteiger partial charge is 0.164 e. The Hall–Kier alpha value is -5.76. The van der Waals surface area contributed by atoms with Crippen molar-refractivity contribution < 1.29 is 4.42 Å². The van der Waals surface area contributed by atoms with E-state index in [1.165, 1.54) is 25.0 Å². The van der Waals surface area contributed by atoms with Gasteiger partial charge in [-0.1, -0.05) is 84.9 Å². The predicted molar refractivity (Wildman–Crippen MR) is 200 cm³/mol. The van der Waals surface area contributed by atoms with Gasteiger partial charge in [-0.05, 0) is 55.0 Å². The van der Waals surface area contributed by atoms with E-state index in [4.69, 9.17) is 24.4 Å². The van der Waals surface area contributed by atoms with Crippen LogP contribution in [0.25, 0.3) is 97.1 Å². The van der Waals surface area contributed by atoms with Crippen molar-refractivity contribution in [3.8, 4) is 44.7 Å². The molecule has 10 rings (SSSR count). The number of thiazole rings is 1. The summed E-state index contributed by atoms with van der Waals surface area (Å²) in [6.07, 6.45) is 0. The zero-order valence-corrected chi connectivity index (χ0v) is 27.3. The molecule has 5 nitrogen and oxygen atoms in total. The molecule has 0 atom stereocenters. The molecule has 0 unspecified atom stereocenters. The highest BCUT2D eigenvalue weighted by Gasteiger charge is 2.20. The van der Waals surface area contributed by atoms with E-state index in [9.17, 15) is 0 Å². The highest BCUT2D eigenvalue weighted by atomic mass is 32.1. The van der Waals surface area contributed by atoms with Gasteiger partial charge >= 0.3 is 0 Å². The second-order valence-corrected chi connectivity index (χ2v) is 14.0. The molecule has 0 aliphatic rings. The average Bonchev–Trinajstić information content (AvgIpc) is 3.84. The number of furan rings is 1. The first kappa shape index (κ1) is 27.4. The van der Waals surface area contributed by atoms with Crippen LogP contribution in [0, 0.1) is 6.92 Å². The molecule has 6 aromatic carbocycles. The Morgan fingerprint density at radius 1 is 0.500 bits per heavy atom. The Kier molecular flexibility index (Phi) is 6.06. The zero-order chi connectivity index (χ0) is 31.8. The van der Waals surface area contributed by atoms with Crippen LogP contribution in [0.4, 0.5) is 0 Å². The highest BCUT2D eigenvalue weighted by Crippen LogP contribution is 2.45. The fraction of sp³-hybridized carbons (Fsp3) is 0.0244. The quantitative estimate of drug-likeness (QED) is 0.189. The lowest BCUT2D eigenvalue weighted by atomic mass is 10.0. The maximum absolute atomic E-state index is 6.19. The molecule has 0 radical (unpaired) electrons. The fourth-order valence-corrected chi connectivity index (χ4v) is 8.86. The first-order valence-corrected chi connectivity index (χ1v) is 17.3.